The van der Waals surface area contributed by atoms with E-state index in [1.807, 2.05) is 24.3 Å². The van der Waals surface area contributed by atoms with E-state index in [-0.39, 0.29) is 18.3 Å². The molecule has 0 saturated carbocycles. The molecule has 0 bridgehead atoms. The number of aromatic nitrogens is 1. The molecule has 0 unspecified atom stereocenters. The summed E-state index contributed by atoms with van der Waals surface area (Å²) in [6, 6.07) is 17.4. The van der Waals surface area contributed by atoms with Crippen LogP contribution in [0.25, 0.3) is 11.1 Å². The predicted molar refractivity (Wildman–Crippen MR) is 99.8 cm³/mol. The first kappa shape index (κ1) is 17.6. The van der Waals surface area contributed by atoms with Gasteiger partial charge in [0, 0.05) is 18.0 Å². The molecule has 0 aliphatic carbocycles. The van der Waals surface area contributed by atoms with E-state index in [4.69, 9.17) is 0 Å². The number of carbonyl (C=O) groups excluding carboxylic acids is 1. The maximum Gasteiger partial charge on any atom is 0.251 e. The van der Waals surface area contributed by atoms with Crippen LogP contribution in [0, 0.1) is 0 Å². The second kappa shape index (κ2) is 8.27. The number of benzene rings is 2. The van der Waals surface area contributed by atoms with Gasteiger partial charge in [-0.2, -0.15) is 0 Å². The standard InChI is InChI=1S/C21H20N2O3/c24-14-19(13-15-1-7-20(25)8-2-15)23-21(26)18-5-3-16(4-6-18)17-9-11-22-12-10-17/h1-12,19,24-25H,13-14H2,(H,23,26)/t19-/m0/s1. The third-order valence-corrected chi connectivity index (χ3v) is 4.13. The first-order valence-electron chi connectivity index (χ1n) is 8.36. The number of amides is 1. The normalized spacial score (nSPS) is 11.7. The smallest absolute Gasteiger partial charge is 0.251 e. The maximum absolute atomic E-state index is 12.4. The summed E-state index contributed by atoms with van der Waals surface area (Å²) >= 11 is 0. The van der Waals surface area contributed by atoms with Gasteiger partial charge in [0.2, 0.25) is 0 Å². The Balaban J connectivity index is 1.65. The van der Waals surface area contributed by atoms with E-state index in [1.54, 1.807) is 48.8 Å². The lowest BCUT2D eigenvalue weighted by Gasteiger charge is -2.16. The molecule has 3 rings (SSSR count). The zero-order valence-electron chi connectivity index (χ0n) is 14.2. The zero-order chi connectivity index (χ0) is 18.4. The van der Waals surface area contributed by atoms with Crippen molar-refractivity contribution in [3.8, 4) is 16.9 Å². The number of hydrogen-bond acceptors (Lipinski definition) is 4. The van der Waals surface area contributed by atoms with Crippen LogP contribution in [0.15, 0.2) is 73.1 Å². The lowest BCUT2D eigenvalue weighted by atomic mass is 10.0. The Labute approximate surface area is 152 Å². The Morgan fingerprint density at radius 1 is 0.923 bits per heavy atom. The molecule has 3 aromatic rings. The van der Waals surface area contributed by atoms with Crippen LogP contribution >= 0.6 is 0 Å². The molecular formula is C21H20N2O3. The molecular weight excluding hydrogens is 328 g/mol. The van der Waals surface area contributed by atoms with Crippen molar-refractivity contribution in [3.63, 3.8) is 0 Å². The number of nitrogens with zero attached hydrogens (tertiary/aromatic N) is 1. The highest BCUT2D eigenvalue weighted by Gasteiger charge is 2.14. The van der Waals surface area contributed by atoms with Crippen LogP contribution in [0.2, 0.25) is 0 Å². The quantitative estimate of drug-likeness (QED) is 0.640. The van der Waals surface area contributed by atoms with Gasteiger partial charge >= 0.3 is 0 Å². The molecule has 0 saturated heterocycles. The second-order valence-corrected chi connectivity index (χ2v) is 6.04. The average Bonchev–Trinajstić information content (AvgIpc) is 2.70. The Kier molecular flexibility index (Phi) is 5.61. The number of aromatic hydroxyl groups is 1. The summed E-state index contributed by atoms with van der Waals surface area (Å²) in [7, 11) is 0. The van der Waals surface area contributed by atoms with E-state index < -0.39 is 6.04 Å². The highest BCUT2D eigenvalue weighted by Crippen LogP contribution is 2.19. The van der Waals surface area contributed by atoms with Crippen molar-refractivity contribution in [2.24, 2.45) is 0 Å². The minimum atomic E-state index is -0.396. The van der Waals surface area contributed by atoms with Crippen molar-refractivity contribution in [1.29, 1.82) is 0 Å². The van der Waals surface area contributed by atoms with Crippen molar-refractivity contribution in [3.05, 3.63) is 84.2 Å². The lowest BCUT2D eigenvalue weighted by molar-refractivity contribution is 0.0916. The number of phenols is 1. The Morgan fingerprint density at radius 2 is 1.54 bits per heavy atom. The molecule has 0 spiro atoms. The zero-order valence-corrected chi connectivity index (χ0v) is 14.2. The lowest BCUT2D eigenvalue weighted by Crippen LogP contribution is -2.39. The largest absolute Gasteiger partial charge is 0.508 e. The second-order valence-electron chi connectivity index (χ2n) is 6.04. The molecule has 1 atom stereocenters. The van der Waals surface area contributed by atoms with E-state index in [0.717, 1.165) is 16.7 Å². The number of hydrogen-bond donors (Lipinski definition) is 3. The van der Waals surface area contributed by atoms with Gasteiger partial charge < -0.3 is 15.5 Å². The molecule has 0 aliphatic heterocycles. The molecule has 1 aromatic heterocycles. The van der Waals surface area contributed by atoms with Crippen LogP contribution in [0.5, 0.6) is 5.75 Å². The van der Waals surface area contributed by atoms with E-state index in [1.165, 1.54) is 0 Å². The number of phenolic OH excluding ortho intramolecular Hbond substituents is 1. The first-order chi connectivity index (χ1) is 12.7. The van der Waals surface area contributed by atoms with Crippen molar-refractivity contribution in [2.45, 2.75) is 12.5 Å². The third kappa shape index (κ3) is 4.46. The summed E-state index contributed by atoms with van der Waals surface area (Å²) < 4.78 is 0. The number of aliphatic hydroxyl groups is 1. The van der Waals surface area contributed by atoms with Gasteiger partial charge in [0.05, 0.1) is 12.6 Å². The van der Waals surface area contributed by atoms with E-state index in [9.17, 15) is 15.0 Å². The van der Waals surface area contributed by atoms with E-state index >= 15 is 0 Å². The van der Waals surface area contributed by atoms with Gasteiger partial charge in [-0.1, -0.05) is 24.3 Å². The van der Waals surface area contributed by atoms with Crippen molar-refractivity contribution in [2.75, 3.05) is 6.61 Å². The van der Waals surface area contributed by atoms with Crippen LogP contribution in [0.1, 0.15) is 15.9 Å². The molecule has 5 heteroatoms. The number of carbonyl (C=O) groups is 1. The molecule has 2 aromatic carbocycles. The molecule has 3 N–H and O–H groups in total. The summed E-state index contributed by atoms with van der Waals surface area (Å²) in [4.78, 5) is 16.4. The SMILES string of the molecule is O=C(N[C@H](CO)Cc1ccc(O)cc1)c1ccc(-c2ccncc2)cc1. The number of pyridine rings is 1. The van der Waals surface area contributed by atoms with Gasteiger partial charge in [-0.25, -0.2) is 0 Å². The number of aliphatic hydroxyl groups excluding tert-OH is 1. The summed E-state index contributed by atoms with van der Waals surface area (Å²) in [6.07, 6.45) is 3.94. The van der Waals surface area contributed by atoms with E-state index in [2.05, 4.69) is 10.3 Å². The van der Waals surface area contributed by atoms with Crippen LogP contribution in [0.4, 0.5) is 0 Å². The molecule has 132 valence electrons. The summed E-state index contributed by atoms with van der Waals surface area (Å²) in [5.74, 6) is -0.0447. The van der Waals surface area contributed by atoms with Crippen molar-refractivity contribution in [1.82, 2.24) is 10.3 Å². The predicted octanol–water partition coefficient (Wildman–Crippen LogP) is 2.79. The monoisotopic (exact) mass is 348 g/mol. The number of rotatable bonds is 6. The van der Waals surface area contributed by atoms with Gasteiger partial charge in [0.25, 0.3) is 5.91 Å². The first-order valence-corrected chi connectivity index (χ1v) is 8.36. The maximum atomic E-state index is 12.4. The Bertz CT molecular complexity index is 847. The third-order valence-electron chi connectivity index (χ3n) is 4.13. The molecule has 1 amide bonds. The van der Waals surface area contributed by atoms with Crippen LogP contribution in [-0.4, -0.2) is 33.8 Å². The van der Waals surface area contributed by atoms with Gasteiger partial charge in [-0.15, -0.1) is 0 Å². The van der Waals surface area contributed by atoms with Crippen LogP contribution < -0.4 is 5.32 Å². The van der Waals surface area contributed by atoms with Gasteiger partial charge in [0.1, 0.15) is 5.75 Å². The topological polar surface area (TPSA) is 82.5 Å². The fourth-order valence-electron chi connectivity index (χ4n) is 2.70. The molecule has 0 fully saturated rings. The fourth-order valence-corrected chi connectivity index (χ4v) is 2.70. The Morgan fingerprint density at radius 3 is 2.15 bits per heavy atom. The van der Waals surface area contributed by atoms with Gasteiger partial charge in [0.15, 0.2) is 0 Å². The molecule has 1 heterocycles. The highest BCUT2D eigenvalue weighted by molar-refractivity contribution is 5.94. The van der Waals surface area contributed by atoms with Gasteiger partial charge in [-0.05, 0) is 59.5 Å². The van der Waals surface area contributed by atoms with Crippen molar-refractivity contribution >= 4 is 5.91 Å². The van der Waals surface area contributed by atoms with Crippen LogP contribution in [0.3, 0.4) is 0 Å². The molecule has 0 aliphatic rings. The molecule has 5 nitrogen and oxygen atoms in total. The summed E-state index contributed by atoms with van der Waals surface area (Å²) in [6.45, 7) is -0.165. The number of nitrogens with one attached hydrogen (secondary N) is 1. The van der Waals surface area contributed by atoms with Crippen molar-refractivity contribution < 1.29 is 15.0 Å². The van der Waals surface area contributed by atoms with E-state index in [0.29, 0.717) is 12.0 Å². The Hall–Kier alpha value is -3.18. The molecule has 0 radical (unpaired) electrons. The summed E-state index contributed by atoms with van der Waals surface area (Å²) in [5, 5.41) is 21.7. The van der Waals surface area contributed by atoms with Crippen LogP contribution in [-0.2, 0) is 6.42 Å². The average molecular weight is 348 g/mol. The minimum absolute atomic E-state index is 0.165. The fraction of sp³-hybridized carbons (Fsp3) is 0.143. The minimum Gasteiger partial charge on any atom is -0.508 e. The highest BCUT2D eigenvalue weighted by atomic mass is 16.3. The molecule has 26 heavy (non-hydrogen) atoms. The summed E-state index contributed by atoms with van der Waals surface area (Å²) in [5.41, 5.74) is 3.50. The van der Waals surface area contributed by atoms with Gasteiger partial charge in [-0.3, -0.25) is 9.78 Å².